The monoisotopic (exact) mass is 226 g/mol. The summed E-state index contributed by atoms with van der Waals surface area (Å²) in [4.78, 5) is 12.4. The number of aryl methyl sites for hydroxylation is 1. The van der Waals surface area contributed by atoms with Gasteiger partial charge in [0.05, 0.1) is 12.2 Å². The summed E-state index contributed by atoms with van der Waals surface area (Å²) in [5.41, 5.74) is 0.389. The van der Waals surface area contributed by atoms with Gasteiger partial charge in [-0.25, -0.2) is 4.79 Å². The third-order valence-electron chi connectivity index (χ3n) is 2.32. The van der Waals surface area contributed by atoms with Crippen molar-refractivity contribution in [3.63, 3.8) is 0 Å². The molecule has 16 heavy (non-hydrogen) atoms. The third-order valence-corrected chi connectivity index (χ3v) is 2.32. The Balaban J connectivity index is 2.80. The highest BCUT2D eigenvalue weighted by atomic mass is 16.5. The molecule has 0 radical (unpaired) electrons. The predicted molar refractivity (Wildman–Crippen MR) is 59.2 cm³/mol. The summed E-state index contributed by atoms with van der Waals surface area (Å²) in [6.07, 6.45) is -0.173. The van der Waals surface area contributed by atoms with Crippen molar-refractivity contribution >= 4 is 6.09 Å². The molecule has 1 aromatic rings. The van der Waals surface area contributed by atoms with Crippen LogP contribution in [0.1, 0.15) is 39.1 Å². The van der Waals surface area contributed by atoms with Crippen LogP contribution in [0, 0.1) is 0 Å². The molecule has 0 unspecified atom stereocenters. The molecule has 1 rings (SSSR count). The molecule has 0 saturated carbocycles. The summed E-state index contributed by atoms with van der Waals surface area (Å²) in [6, 6.07) is 1.79. The second-order valence-electron chi connectivity index (χ2n) is 4.68. The summed E-state index contributed by atoms with van der Waals surface area (Å²) >= 11 is 0. The van der Waals surface area contributed by atoms with Gasteiger partial charge in [0, 0.05) is 11.6 Å². The van der Waals surface area contributed by atoms with Gasteiger partial charge in [-0.15, -0.1) is 0 Å². The van der Waals surface area contributed by atoms with E-state index in [1.807, 2.05) is 27.7 Å². The molecule has 0 atom stereocenters. The van der Waals surface area contributed by atoms with E-state index in [9.17, 15) is 4.79 Å². The first-order valence-electron chi connectivity index (χ1n) is 5.29. The minimum Gasteiger partial charge on any atom is -0.465 e. The maximum absolute atomic E-state index is 11.1. The molecule has 0 aliphatic rings. The van der Waals surface area contributed by atoms with E-state index in [2.05, 4.69) is 5.16 Å². The van der Waals surface area contributed by atoms with Gasteiger partial charge in [0.15, 0.2) is 5.76 Å². The Morgan fingerprint density at radius 3 is 2.56 bits per heavy atom. The molecule has 0 aliphatic heterocycles. The highest BCUT2D eigenvalue weighted by Gasteiger charge is 2.27. The largest absolute Gasteiger partial charge is 0.465 e. The van der Waals surface area contributed by atoms with Gasteiger partial charge in [0.2, 0.25) is 0 Å². The lowest BCUT2D eigenvalue weighted by molar-refractivity contribution is 0.0890. The van der Waals surface area contributed by atoms with Crippen LogP contribution in [0.15, 0.2) is 10.6 Å². The Hall–Kier alpha value is -1.52. The number of amides is 1. The average Bonchev–Trinajstić information content (AvgIpc) is 2.59. The van der Waals surface area contributed by atoms with E-state index >= 15 is 0 Å². The number of carboxylic acid groups (broad SMARTS) is 1. The molecular weight excluding hydrogens is 208 g/mol. The molecule has 5 heteroatoms. The van der Waals surface area contributed by atoms with Crippen molar-refractivity contribution in [2.75, 3.05) is 0 Å². The minimum atomic E-state index is -0.957. The highest BCUT2D eigenvalue weighted by molar-refractivity contribution is 5.65. The number of hydrogen-bond donors (Lipinski definition) is 1. The van der Waals surface area contributed by atoms with Crippen LogP contribution in [-0.4, -0.2) is 26.8 Å². The molecule has 1 N–H and O–H groups in total. The van der Waals surface area contributed by atoms with Gasteiger partial charge in [0.1, 0.15) is 0 Å². The number of nitrogens with zero attached hydrogens (tertiary/aromatic N) is 2. The fraction of sp³-hybridized carbons (Fsp3) is 0.636. The fourth-order valence-corrected chi connectivity index (χ4v) is 1.34. The van der Waals surface area contributed by atoms with Gasteiger partial charge < -0.3 is 9.63 Å². The van der Waals surface area contributed by atoms with Gasteiger partial charge >= 0.3 is 6.09 Å². The summed E-state index contributed by atoms with van der Waals surface area (Å²) in [5, 5.41) is 12.9. The fourth-order valence-electron chi connectivity index (χ4n) is 1.34. The molecule has 0 bridgehead atoms. The van der Waals surface area contributed by atoms with Crippen LogP contribution in [-0.2, 0) is 13.0 Å². The zero-order chi connectivity index (χ0) is 12.3. The predicted octanol–water partition coefficient (Wildman–Crippen LogP) is 2.52. The Bertz CT molecular complexity index is 366. The van der Waals surface area contributed by atoms with Crippen LogP contribution in [0.25, 0.3) is 0 Å². The Morgan fingerprint density at radius 1 is 1.56 bits per heavy atom. The van der Waals surface area contributed by atoms with Gasteiger partial charge in [-0.1, -0.05) is 12.1 Å². The molecule has 0 fully saturated rings. The summed E-state index contributed by atoms with van der Waals surface area (Å²) in [5.74, 6) is 0.578. The van der Waals surface area contributed by atoms with Crippen LogP contribution in [0.3, 0.4) is 0 Å². The molecule has 1 amide bonds. The van der Waals surface area contributed by atoms with Gasteiger partial charge in [-0.3, -0.25) is 4.90 Å². The zero-order valence-electron chi connectivity index (χ0n) is 10.1. The summed E-state index contributed by atoms with van der Waals surface area (Å²) in [6.45, 7) is 7.74. The lowest BCUT2D eigenvalue weighted by Crippen LogP contribution is -2.44. The highest BCUT2D eigenvalue weighted by Crippen LogP contribution is 2.18. The van der Waals surface area contributed by atoms with Gasteiger partial charge in [-0.05, 0) is 27.2 Å². The summed E-state index contributed by atoms with van der Waals surface area (Å²) in [7, 11) is 0. The van der Waals surface area contributed by atoms with Crippen molar-refractivity contribution < 1.29 is 14.4 Å². The molecule has 1 aromatic heterocycles. The van der Waals surface area contributed by atoms with Crippen LogP contribution in [0.4, 0.5) is 4.79 Å². The van der Waals surface area contributed by atoms with Crippen molar-refractivity contribution in [1.82, 2.24) is 10.1 Å². The van der Waals surface area contributed by atoms with E-state index in [-0.39, 0.29) is 6.54 Å². The van der Waals surface area contributed by atoms with Crippen LogP contribution in [0.2, 0.25) is 0 Å². The van der Waals surface area contributed by atoms with Gasteiger partial charge in [0.25, 0.3) is 0 Å². The van der Waals surface area contributed by atoms with Crippen molar-refractivity contribution in [1.29, 1.82) is 0 Å². The molecule has 0 saturated heterocycles. The molecule has 0 aliphatic carbocycles. The van der Waals surface area contributed by atoms with Crippen LogP contribution in [0.5, 0.6) is 0 Å². The van der Waals surface area contributed by atoms with E-state index < -0.39 is 11.6 Å². The van der Waals surface area contributed by atoms with E-state index in [1.165, 1.54) is 4.90 Å². The lowest BCUT2D eigenvalue weighted by Gasteiger charge is -2.32. The second-order valence-corrected chi connectivity index (χ2v) is 4.68. The number of hydrogen-bond acceptors (Lipinski definition) is 3. The second kappa shape index (κ2) is 4.55. The van der Waals surface area contributed by atoms with E-state index in [4.69, 9.17) is 9.63 Å². The molecule has 0 spiro atoms. The van der Waals surface area contributed by atoms with Crippen molar-refractivity contribution in [3.05, 3.63) is 17.5 Å². The summed E-state index contributed by atoms with van der Waals surface area (Å²) < 4.78 is 5.08. The molecule has 0 aromatic carbocycles. The standard InChI is InChI=1S/C11H18N2O3/c1-5-8-6-9(16-12-8)7-13(10(14)15)11(2,3)4/h6H,5,7H2,1-4H3,(H,14,15). The molecule has 5 nitrogen and oxygen atoms in total. The first-order valence-corrected chi connectivity index (χ1v) is 5.29. The first-order chi connectivity index (χ1) is 7.34. The average molecular weight is 226 g/mol. The number of aromatic nitrogens is 1. The topological polar surface area (TPSA) is 66.6 Å². The number of carbonyl (C=O) groups is 1. The maximum Gasteiger partial charge on any atom is 0.408 e. The quantitative estimate of drug-likeness (QED) is 0.859. The first kappa shape index (κ1) is 12.5. The SMILES string of the molecule is CCc1cc(CN(C(=O)O)C(C)(C)C)on1. The Kier molecular flexibility index (Phi) is 3.57. The van der Waals surface area contributed by atoms with Crippen molar-refractivity contribution in [2.45, 2.75) is 46.2 Å². The smallest absolute Gasteiger partial charge is 0.408 e. The Morgan fingerprint density at radius 2 is 2.19 bits per heavy atom. The lowest BCUT2D eigenvalue weighted by atomic mass is 10.1. The van der Waals surface area contributed by atoms with E-state index in [0.717, 1.165) is 12.1 Å². The molecular formula is C11H18N2O3. The third kappa shape index (κ3) is 2.98. The van der Waals surface area contributed by atoms with Crippen LogP contribution >= 0.6 is 0 Å². The van der Waals surface area contributed by atoms with Crippen molar-refractivity contribution in [3.8, 4) is 0 Å². The molecule has 1 heterocycles. The molecule has 90 valence electrons. The van der Waals surface area contributed by atoms with E-state index in [0.29, 0.717) is 5.76 Å². The van der Waals surface area contributed by atoms with Gasteiger partial charge in [-0.2, -0.15) is 0 Å². The Labute approximate surface area is 95.0 Å². The normalized spacial score (nSPS) is 11.5. The number of rotatable bonds is 3. The maximum atomic E-state index is 11.1. The van der Waals surface area contributed by atoms with Crippen molar-refractivity contribution in [2.24, 2.45) is 0 Å². The van der Waals surface area contributed by atoms with Crippen LogP contribution < -0.4 is 0 Å². The zero-order valence-corrected chi connectivity index (χ0v) is 10.1. The van der Waals surface area contributed by atoms with E-state index in [1.54, 1.807) is 6.07 Å². The minimum absolute atomic E-state index is 0.228.